The zero-order chi connectivity index (χ0) is 13.2. The fourth-order valence-corrected chi connectivity index (χ4v) is 2.61. The van der Waals surface area contributed by atoms with E-state index in [9.17, 15) is 5.11 Å². The molecule has 0 amide bonds. The van der Waals surface area contributed by atoms with Crippen LogP contribution in [0, 0.1) is 0 Å². The van der Waals surface area contributed by atoms with E-state index in [1.807, 2.05) is 6.07 Å². The molecular weight excluding hydrogens is 258 g/mol. The Morgan fingerprint density at radius 3 is 2.74 bits per heavy atom. The zero-order valence-corrected chi connectivity index (χ0v) is 11.4. The number of phenols is 1. The van der Waals surface area contributed by atoms with Crippen molar-refractivity contribution in [3.63, 3.8) is 0 Å². The number of anilines is 1. The van der Waals surface area contributed by atoms with Crippen LogP contribution in [0.25, 0.3) is 0 Å². The first-order valence-corrected chi connectivity index (χ1v) is 7.35. The summed E-state index contributed by atoms with van der Waals surface area (Å²) in [6.07, 6.45) is 2.07. The number of phenolic OH excluding ortho intramolecular Hbond substituents is 1. The highest BCUT2D eigenvalue weighted by molar-refractivity contribution is 7.98. The summed E-state index contributed by atoms with van der Waals surface area (Å²) in [7, 11) is 0. The van der Waals surface area contributed by atoms with E-state index in [1.165, 1.54) is 4.90 Å². The molecule has 1 aliphatic rings. The minimum absolute atomic E-state index is 0.135. The molecule has 1 heterocycles. The maximum Gasteiger partial charge on any atom is 0.128 e. The zero-order valence-electron chi connectivity index (χ0n) is 10.6. The summed E-state index contributed by atoms with van der Waals surface area (Å²) in [6, 6.07) is 13.7. The second-order valence-electron chi connectivity index (χ2n) is 4.46. The molecule has 0 spiro atoms. The molecule has 0 radical (unpaired) electrons. The molecule has 0 saturated heterocycles. The standard InChI is InChI=1S/C15H15NO2S/c1-19-12-5-2-10(3-6-12)16-14-9-18-15-8-11(17)4-7-13(14)15/h2-8,14,16-17H,9H2,1H3. The fraction of sp³-hybridized carbons (Fsp3) is 0.200. The molecule has 0 aromatic heterocycles. The van der Waals surface area contributed by atoms with Gasteiger partial charge in [0, 0.05) is 22.2 Å². The smallest absolute Gasteiger partial charge is 0.128 e. The Kier molecular flexibility index (Phi) is 3.25. The van der Waals surface area contributed by atoms with Gasteiger partial charge in [-0.2, -0.15) is 0 Å². The van der Waals surface area contributed by atoms with Gasteiger partial charge in [-0.25, -0.2) is 0 Å². The Labute approximate surface area is 116 Å². The van der Waals surface area contributed by atoms with E-state index in [4.69, 9.17) is 4.74 Å². The van der Waals surface area contributed by atoms with E-state index in [-0.39, 0.29) is 11.8 Å². The highest BCUT2D eigenvalue weighted by atomic mass is 32.2. The Morgan fingerprint density at radius 2 is 2.00 bits per heavy atom. The molecule has 3 rings (SSSR count). The quantitative estimate of drug-likeness (QED) is 0.837. The second kappa shape index (κ2) is 5.05. The molecule has 1 aliphatic heterocycles. The molecule has 19 heavy (non-hydrogen) atoms. The number of benzene rings is 2. The third kappa shape index (κ3) is 2.49. The largest absolute Gasteiger partial charge is 0.508 e. The summed E-state index contributed by atoms with van der Waals surface area (Å²) in [5.74, 6) is 1.00. The van der Waals surface area contributed by atoms with Gasteiger partial charge in [0.1, 0.15) is 18.1 Å². The highest BCUT2D eigenvalue weighted by Crippen LogP contribution is 2.36. The van der Waals surface area contributed by atoms with Crippen LogP contribution < -0.4 is 10.1 Å². The topological polar surface area (TPSA) is 41.5 Å². The third-order valence-electron chi connectivity index (χ3n) is 3.21. The van der Waals surface area contributed by atoms with Crippen LogP contribution in [0.5, 0.6) is 11.5 Å². The summed E-state index contributed by atoms with van der Waals surface area (Å²) in [6.45, 7) is 0.586. The first-order valence-electron chi connectivity index (χ1n) is 6.12. The summed E-state index contributed by atoms with van der Waals surface area (Å²) >= 11 is 1.73. The summed E-state index contributed by atoms with van der Waals surface area (Å²) in [5.41, 5.74) is 2.17. The number of aromatic hydroxyl groups is 1. The Bertz CT molecular complexity index is 583. The van der Waals surface area contributed by atoms with Crippen molar-refractivity contribution >= 4 is 17.4 Å². The molecule has 0 bridgehead atoms. The molecule has 1 atom stereocenters. The molecule has 3 nitrogen and oxygen atoms in total. The van der Waals surface area contributed by atoms with Crippen molar-refractivity contribution in [1.82, 2.24) is 0 Å². The first-order chi connectivity index (χ1) is 9.26. The number of fused-ring (bicyclic) bond motifs is 1. The van der Waals surface area contributed by atoms with Crippen molar-refractivity contribution in [1.29, 1.82) is 0 Å². The minimum atomic E-state index is 0.135. The molecule has 2 aromatic carbocycles. The van der Waals surface area contributed by atoms with Crippen LogP contribution in [0.3, 0.4) is 0 Å². The lowest BCUT2D eigenvalue weighted by molar-refractivity contribution is 0.338. The summed E-state index contributed by atoms with van der Waals surface area (Å²) in [4.78, 5) is 1.25. The van der Waals surface area contributed by atoms with Crippen LogP contribution in [0.4, 0.5) is 5.69 Å². The number of hydrogen-bond acceptors (Lipinski definition) is 4. The van der Waals surface area contributed by atoms with Crippen LogP contribution in [0.1, 0.15) is 11.6 Å². The number of ether oxygens (including phenoxy) is 1. The monoisotopic (exact) mass is 273 g/mol. The molecule has 98 valence electrons. The molecule has 4 heteroatoms. The summed E-state index contributed by atoms with van der Waals surface area (Å²) in [5, 5.41) is 12.9. The third-order valence-corrected chi connectivity index (χ3v) is 3.95. The van der Waals surface area contributed by atoms with Gasteiger partial charge in [0.15, 0.2) is 0 Å². The SMILES string of the molecule is CSc1ccc(NC2COc3cc(O)ccc32)cc1. The Hall–Kier alpha value is -1.81. The van der Waals surface area contributed by atoms with Gasteiger partial charge in [0.25, 0.3) is 0 Å². The van der Waals surface area contributed by atoms with Crippen molar-refractivity contribution in [2.24, 2.45) is 0 Å². The molecule has 1 unspecified atom stereocenters. The predicted molar refractivity (Wildman–Crippen MR) is 78.2 cm³/mol. The van der Waals surface area contributed by atoms with Crippen LogP contribution in [-0.2, 0) is 0 Å². The lowest BCUT2D eigenvalue weighted by Gasteiger charge is -2.13. The van der Waals surface area contributed by atoms with Crippen molar-refractivity contribution in [2.75, 3.05) is 18.2 Å². The summed E-state index contributed by atoms with van der Waals surface area (Å²) < 4.78 is 5.58. The van der Waals surface area contributed by atoms with Crippen molar-refractivity contribution in [3.8, 4) is 11.5 Å². The molecule has 0 aliphatic carbocycles. The molecule has 2 N–H and O–H groups in total. The maximum absolute atomic E-state index is 9.43. The average Bonchev–Trinajstić information content (AvgIpc) is 2.82. The normalized spacial score (nSPS) is 16.8. The number of hydrogen-bond donors (Lipinski definition) is 2. The van der Waals surface area contributed by atoms with Gasteiger partial charge < -0.3 is 15.2 Å². The lowest BCUT2D eigenvalue weighted by atomic mass is 10.1. The van der Waals surface area contributed by atoms with Crippen LogP contribution in [-0.4, -0.2) is 18.0 Å². The first kappa shape index (κ1) is 12.2. The van der Waals surface area contributed by atoms with E-state index in [0.29, 0.717) is 6.61 Å². The van der Waals surface area contributed by atoms with Gasteiger partial charge in [0.05, 0.1) is 6.04 Å². The van der Waals surface area contributed by atoms with E-state index >= 15 is 0 Å². The van der Waals surface area contributed by atoms with Gasteiger partial charge in [-0.05, 0) is 42.7 Å². The maximum atomic E-state index is 9.43. The van der Waals surface area contributed by atoms with Gasteiger partial charge in [-0.15, -0.1) is 11.8 Å². The molecular formula is C15H15NO2S. The fourth-order valence-electron chi connectivity index (χ4n) is 2.21. The van der Waals surface area contributed by atoms with Crippen molar-refractivity contribution in [3.05, 3.63) is 48.0 Å². The number of thioether (sulfide) groups is 1. The Balaban J connectivity index is 1.78. The molecule has 2 aromatic rings. The van der Waals surface area contributed by atoms with Crippen LogP contribution in [0.15, 0.2) is 47.4 Å². The van der Waals surface area contributed by atoms with E-state index in [0.717, 1.165) is 17.0 Å². The van der Waals surface area contributed by atoms with E-state index < -0.39 is 0 Å². The lowest BCUT2D eigenvalue weighted by Crippen LogP contribution is -2.11. The molecule has 0 fully saturated rings. The number of nitrogens with one attached hydrogen (secondary N) is 1. The second-order valence-corrected chi connectivity index (χ2v) is 5.34. The predicted octanol–water partition coefficient (Wildman–Crippen LogP) is 3.66. The van der Waals surface area contributed by atoms with Gasteiger partial charge in [0.2, 0.25) is 0 Å². The van der Waals surface area contributed by atoms with Crippen LogP contribution in [0.2, 0.25) is 0 Å². The van der Waals surface area contributed by atoms with Gasteiger partial charge in [-0.1, -0.05) is 0 Å². The van der Waals surface area contributed by atoms with Gasteiger partial charge in [-0.3, -0.25) is 0 Å². The van der Waals surface area contributed by atoms with Gasteiger partial charge >= 0.3 is 0 Å². The van der Waals surface area contributed by atoms with E-state index in [2.05, 4.69) is 35.8 Å². The van der Waals surface area contributed by atoms with Crippen molar-refractivity contribution in [2.45, 2.75) is 10.9 Å². The highest BCUT2D eigenvalue weighted by Gasteiger charge is 2.24. The van der Waals surface area contributed by atoms with Crippen LogP contribution >= 0.6 is 11.8 Å². The number of rotatable bonds is 3. The van der Waals surface area contributed by atoms with Crippen molar-refractivity contribution < 1.29 is 9.84 Å². The van der Waals surface area contributed by atoms with E-state index in [1.54, 1.807) is 23.9 Å². The molecule has 0 saturated carbocycles. The Morgan fingerprint density at radius 1 is 1.21 bits per heavy atom. The minimum Gasteiger partial charge on any atom is -0.508 e. The average molecular weight is 273 g/mol.